The highest BCUT2D eigenvalue weighted by Crippen LogP contribution is 2.35. The lowest BCUT2D eigenvalue weighted by molar-refractivity contribution is 0.154. The summed E-state index contributed by atoms with van der Waals surface area (Å²) in [4.78, 5) is 22.0. The molecule has 0 bridgehead atoms. The van der Waals surface area contributed by atoms with E-state index in [0.717, 1.165) is 38.9 Å². The minimum absolute atomic E-state index is 0.237. The standard InChI is InChI=1S/C30H25N5O2/c1-19(36)32-18-25-26(23-14-15-24-22(17-23)13-8-16-31-24)30(37)35-29(33-25)27(20-9-4-2-5-10-20)28(34-35)21-11-6-3-7-12-21/h2-17,19,32-33,36H,18H2,1H3. The molecule has 37 heavy (non-hydrogen) atoms. The van der Waals surface area contributed by atoms with Crippen LogP contribution >= 0.6 is 0 Å². The summed E-state index contributed by atoms with van der Waals surface area (Å²) in [7, 11) is 0. The lowest BCUT2D eigenvalue weighted by Crippen LogP contribution is -2.28. The number of nitrogens with zero attached hydrogens (tertiary/aromatic N) is 3. The van der Waals surface area contributed by atoms with E-state index in [4.69, 9.17) is 5.10 Å². The Labute approximate surface area is 213 Å². The highest BCUT2D eigenvalue weighted by molar-refractivity contribution is 5.91. The van der Waals surface area contributed by atoms with Crippen molar-refractivity contribution in [2.75, 3.05) is 0 Å². The molecule has 0 aliphatic heterocycles. The number of fused-ring (bicyclic) bond motifs is 2. The molecule has 182 valence electrons. The maximum atomic E-state index is 14.1. The summed E-state index contributed by atoms with van der Waals surface area (Å²) in [6, 6.07) is 29.4. The number of benzene rings is 3. The van der Waals surface area contributed by atoms with Gasteiger partial charge in [-0.25, -0.2) is 0 Å². The average Bonchev–Trinajstić information content (AvgIpc) is 3.32. The number of rotatable bonds is 6. The molecule has 0 spiro atoms. The minimum Gasteiger partial charge on any atom is -0.379 e. The second kappa shape index (κ2) is 9.46. The van der Waals surface area contributed by atoms with Crippen LogP contribution in [0, 0.1) is 0 Å². The average molecular weight is 488 g/mol. The largest absolute Gasteiger partial charge is 0.379 e. The van der Waals surface area contributed by atoms with Crippen molar-refractivity contribution in [1.29, 1.82) is 0 Å². The third kappa shape index (κ3) is 4.20. The molecule has 3 heterocycles. The summed E-state index contributed by atoms with van der Waals surface area (Å²) in [6.45, 7) is 1.92. The number of aromatic amines is 1. The topological polar surface area (TPSA) is 95.3 Å². The van der Waals surface area contributed by atoms with E-state index in [1.165, 1.54) is 4.52 Å². The molecule has 0 saturated heterocycles. The highest BCUT2D eigenvalue weighted by Gasteiger charge is 2.22. The van der Waals surface area contributed by atoms with Crippen molar-refractivity contribution >= 4 is 16.6 Å². The van der Waals surface area contributed by atoms with Crippen molar-refractivity contribution in [1.82, 2.24) is 24.9 Å². The molecular formula is C30H25N5O2. The van der Waals surface area contributed by atoms with E-state index in [2.05, 4.69) is 15.3 Å². The molecule has 0 aliphatic carbocycles. The predicted molar refractivity (Wildman–Crippen MR) is 146 cm³/mol. The van der Waals surface area contributed by atoms with Crippen LogP contribution in [0.15, 0.2) is 102 Å². The monoisotopic (exact) mass is 487 g/mol. The van der Waals surface area contributed by atoms with Crippen LogP contribution in [0.25, 0.3) is 50.1 Å². The van der Waals surface area contributed by atoms with E-state index < -0.39 is 6.23 Å². The van der Waals surface area contributed by atoms with Gasteiger partial charge in [0, 0.05) is 29.4 Å². The minimum atomic E-state index is -0.744. The van der Waals surface area contributed by atoms with Gasteiger partial charge in [0.1, 0.15) is 17.6 Å². The first-order chi connectivity index (χ1) is 18.1. The third-order valence-electron chi connectivity index (χ3n) is 6.44. The fourth-order valence-electron chi connectivity index (χ4n) is 4.71. The van der Waals surface area contributed by atoms with Crippen LogP contribution in [0.3, 0.4) is 0 Å². The van der Waals surface area contributed by atoms with E-state index in [0.29, 0.717) is 16.9 Å². The van der Waals surface area contributed by atoms with Gasteiger partial charge in [-0.2, -0.15) is 9.61 Å². The molecule has 1 unspecified atom stereocenters. The Bertz CT molecular complexity index is 1770. The van der Waals surface area contributed by atoms with Crippen LogP contribution in [-0.2, 0) is 6.54 Å². The van der Waals surface area contributed by atoms with Crippen molar-refractivity contribution < 1.29 is 5.11 Å². The predicted octanol–water partition coefficient (Wildman–Crippen LogP) is 5.00. The van der Waals surface area contributed by atoms with Gasteiger partial charge in [0.15, 0.2) is 0 Å². The second-order valence-electron chi connectivity index (χ2n) is 8.97. The van der Waals surface area contributed by atoms with Crippen molar-refractivity contribution in [2.24, 2.45) is 0 Å². The molecule has 6 rings (SSSR count). The molecule has 3 N–H and O–H groups in total. The molecule has 3 aromatic carbocycles. The molecule has 1 atom stereocenters. The van der Waals surface area contributed by atoms with Crippen LogP contribution < -0.4 is 10.9 Å². The summed E-state index contributed by atoms with van der Waals surface area (Å²) in [6.07, 6.45) is 1.01. The molecular weight excluding hydrogens is 462 g/mol. The maximum Gasteiger partial charge on any atom is 0.282 e. The van der Waals surface area contributed by atoms with Gasteiger partial charge in [0.05, 0.1) is 16.6 Å². The SMILES string of the molecule is CC(O)NCc1[nH]c2c(-c3ccccc3)c(-c3ccccc3)nn2c(=O)c1-c1ccc2ncccc2c1. The lowest BCUT2D eigenvalue weighted by atomic mass is 10.0. The number of nitrogens with one attached hydrogen (secondary N) is 2. The van der Waals surface area contributed by atoms with Crippen LogP contribution in [0.4, 0.5) is 0 Å². The van der Waals surface area contributed by atoms with Gasteiger partial charge in [0.25, 0.3) is 5.56 Å². The van der Waals surface area contributed by atoms with E-state index in [-0.39, 0.29) is 12.1 Å². The van der Waals surface area contributed by atoms with Gasteiger partial charge in [-0.05, 0) is 36.2 Å². The number of H-pyrrole nitrogens is 1. The second-order valence-corrected chi connectivity index (χ2v) is 8.97. The number of aliphatic hydroxyl groups is 1. The lowest BCUT2D eigenvalue weighted by Gasteiger charge is -2.14. The Morgan fingerprint density at radius 1 is 0.892 bits per heavy atom. The zero-order valence-corrected chi connectivity index (χ0v) is 20.2. The van der Waals surface area contributed by atoms with Crippen molar-refractivity contribution in [3.8, 4) is 33.5 Å². The zero-order chi connectivity index (χ0) is 25.4. The molecule has 0 saturated carbocycles. The van der Waals surface area contributed by atoms with Gasteiger partial charge >= 0.3 is 0 Å². The molecule has 6 aromatic rings. The number of hydrogen-bond donors (Lipinski definition) is 3. The van der Waals surface area contributed by atoms with Crippen molar-refractivity contribution in [3.05, 3.63) is 113 Å². The summed E-state index contributed by atoms with van der Waals surface area (Å²) in [5.74, 6) is 0. The molecule has 0 fully saturated rings. The molecule has 0 radical (unpaired) electrons. The van der Waals surface area contributed by atoms with Crippen LogP contribution in [0.1, 0.15) is 12.6 Å². The van der Waals surface area contributed by atoms with E-state index in [1.54, 1.807) is 13.1 Å². The first-order valence-corrected chi connectivity index (χ1v) is 12.2. The summed E-state index contributed by atoms with van der Waals surface area (Å²) in [5.41, 5.74) is 6.55. The molecule has 0 aliphatic rings. The van der Waals surface area contributed by atoms with Crippen molar-refractivity contribution in [2.45, 2.75) is 19.7 Å². The first kappa shape index (κ1) is 22.8. The highest BCUT2D eigenvalue weighted by atomic mass is 16.3. The Kier molecular flexibility index (Phi) is 5.84. The van der Waals surface area contributed by atoms with Crippen LogP contribution in [-0.4, -0.2) is 30.9 Å². The van der Waals surface area contributed by atoms with Gasteiger partial charge in [0.2, 0.25) is 0 Å². The molecule has 7 heteroatoms. The van der Waals surface area contributed by atoms with Gasteiger partial charge in [-0.1, -0.05) is 72.8 Å². The van der Waals surface area contributed by atoms with E-state index in [9.17, 15) is 9.90 Å². The molecule has 7 nitrogen and oxygen atoms in total. The fraction of sp³-hybridized carbons (Fsp3) is 0.100. The van der Waals surface area contributed by atoms with Crippen molar-refractivity contribution in [3.63, 3.8) is 0 Å². The summed E-state index contributed by atoms with van der Waals surface area (Å²) >= 11 is 0. The molecule has 3 aromatic heterocycles. The Hall–Kier alpha value is -4.59. The van der Waals surface area contributed by atoms with E-state index in [1.807, 2.05) is 91.0 Å². The van der Waals surface area contributed by atoms with E-state index >= 15 is 0 Å². The third-order valence-corrected chi connectivity index (χ3v) is 6.44. The first-order valence-electron chi connectivity index (χ1n) is 12.2. The number of aliphatic hydroxyl groups excluding tert-OH is 1. The van der Waals surface area contributed by atoms with Gasteiger partial charge < -0.3 is 10.1 Å². The molecule has 0 amide bonds. The summed E-state index contributed by atoms with van der Waals surface area (Å²) < 4.78 is 1.46. The van der Waals surface area contributed by atoms with Gasteiger partial charge in [-0.3, -0.25) is 15.1 Å². The number of aromatic nitrogens is 4. The van der Waals surface area contributed by atoms with Crippen LogP contribution in [0.5, 0.6) is 0 Å². The number of hydrogen-bond acceptors (Lipinski definition) is 5. The Morgan fingerprint density at radius 3 is 2.35 bits per heavy atom. The summed E-state index contributed by atoms with van der Waals surface area (Å²) in [5, 5.41) is 18.8. The number of pyridine rings is 1. The Morgan fingerprint density at radius 2 is 1.62 bits per heavy atom. The fourth-order valence-corrected chi connectivity index (χ4v) is 4.71. The quantitative estimate of drug-likeness (QED) is 0.288. The van der Waals surface area contributed by atoms with Crippen LogP contribution in [0.2, 0.25) is 0 Å². The van der Waals surface area contributed by atoms with Gasteiger partial charge in [-0.15, -0.1) is 0 Å². The smallest absolute Gasteiger partial charge is 0.282 e. The maximum absolute atomic E-state index is 14.1. The zero-order valence-electron chi connectivity index (χ0n) is 20.2. The Balaban J connectivity index is 1.67. The normalized spacial score (nSPS) is 12.3.